The molecule has 0 aliphatic heterocycles. The van der Waals surface area contributed by atoms with Gasteiger partial charge in [-0.2, -0.15) is 5.26 Å². The number of hydrogen-bond acceptors (Lipinski definition) is 5. The van der Waals surface area contributed by atoms with E-state index in [4.69, 9.17) is 5.26 Å². The van der Waals surface area contributed by atoms with Crippen LogP contribution in [0.4, 0.5) is 11.6 Å². The third-order valence-corrected chi connectivity index (χ3v) is 3.17. The fourth-order valence-electron chi connectivity index (χ4n) is 2.05. The lowest BCUT2D eigenvalue weighted by molar-refractivity contribution is 1.07. The Morgan fingerprint density at radius 1 is 1.29 bits per heavy atom. The fourth-order valence-corrected chi connectivity index (χ4v) is 2.05. The molecule has 6 heteroatoms. The number of imidazole rings is 1. The molecule has 0 saturated carbocycles. The van der Waals surface area contributed by atoms with Crippen molar-refractivity contribution in [3.8, 4) is 6.07 Å². The Labute approximate surface area is 122 Å². The molecule has 0 aliphatic rings. The number of hydrogen-bond donors (Lipinski definition) is 2. The Morgan fingerprint density at radius 3 is 2.81 bits per heavy atom. The van der Waals surface area contributed by atoms with Crippen LogP contribution >= 0.6 is 0 Å². The average molecular weight is 278 g/mol. The summed E-state index contributed by atoms with van der Waals surface area (Å²) in [5.74, 6) is 1.49. The minimum Gasteiger partial charge on any atom is -0.372 e. The van der Waals surface area contributed by atoms with Crippen LogP contribution < -0.4 is 10.6 Å². The van der Waals surface area contributed by atoms with E-state index in [1.807, 2.05) is 36.0 Å². The van der Waals surface area contributed by atoms with E-state index in [9.17, 15) is 0 Å². The van der Waals surface area contributed by atoms with Crippen LogP contribution in [0.5, 0.6) is 0 Å². The van der Waals surface area contributed by atoms with Crippen LogP contribution in [0.1, 0.15) is 11.1 Å². The molecule has 0 spiro atoms. The molecule has 0 aliphatic carbocycles. The molecule has 0 amide bonds. The highest BCUT2D eigenvalue weighted by Gasteiger charge is 2.06. The lowest BCUT2D eigenvalue weighted by Crippen LogP contribution is -2.06. The first-order chi connectivity index (χ1) is 10.3. The molecule has 21 heavy (non-hydrogen) atoms. The molecule has 0 fully saturated rings. The van der Waals surface area contributed by atoms with Crippen molar-refractivity contribution < 1.29 is 0 Å². The predicted molar refractivity (Wildman–Crippen MR) is 81.0 cm³/mol. The molecule has 0 saturated heterocycles. The highest BCUT2D eigenvalue weighted by atomic mass is 15.1. The Balaban J connectivity index is 1.83. The van der Waals surface area contributed by atoms with Crippen LogP contribution in [0.15, 0.2) is 42.9 Å². The first-order valence-electron chi connectivity index (χ1n) is 6.54. The van der Waals surface area contributed by atoms with Crippen LogP contribution in [0.2, 0.25) is 0 Å². The van der Waals surface area contributed by atoms with Crippen molar-refractivity contribution in [1.29, 1.82) is 5.26 Å². The molecule has 1 aromatic carbocycles. The van der Waals surface area contributed by atoms with Crippen molar-refractivity contribution in [2.24, 2.45) is 0 Å². The molecular weight excluding hydrogens is 264 g/mol. The Kier molecular flexibility index (Phi) is 3.39. The smallest absolute Gasteiger partial charge is 0.180 e. The molecule has 2 aromatic heterocycles. The molecule has 6 nitrogen and oxygen atoms in total. The summed E-state index contributed by atoms with van der Waals surface area (Å²) in [5, 5.41) is 15.1. The van der Waals surface area contributed by atoms with Gasteiger partial charge in [-0.25, -0.2) is 9.97 Å². The normalized spacial score (nSPS) is 10.3. The van der Waals surface area contributed by atoms with Gasteiger partial charge in [-0.15, -0.1) is 0 Å². The maximum Gasteiger partial charge on any atom is 0.180 e. The molecule has 2 N–H and O–H groups in total. The molecule has 0 radical (unpaired) electrons. The number of nitrogens with one attached hydrogen (secondary N) is 2. The van der Waals surface area contributed by atoms with E-state index in [1.54, 1.807) is 18.3 Å². The highest BCUT2D eigenvalue weighted by molar-refractivity contribution is 5.65. The molecule has 0 atom stereocenters. The van der Waals surface area contributed by atoms with Gasteiger partial charge >= 0.3 is 0 Å². The van der Waals surface area contributed by atoms with Gasteiger partial charge in [0.2, 0.25) is 0 Å². The summed E-state index contributed by atoms with van der Waals surface area (Å²) in [6.45, 7) is 0.619. The van der Waals surface area contributed by atoms with Gasteiger partial charge in [-0.3, -0.25) is 0 Å². The summed E-state index contributed by atoms with van der Waals surface area (Å²) >= 11 is 0. The standard InChI is InChI=1S/C15H14N6/c1-17-13-10-21-7-6-18-15(21)14(20-13)19-9-12-4-2-11(8-16)3-5-12/h2-7,10,17H,9H2,1H3,(H,19,20). The first-order valence-corrected chi connectivity index (χ1v) is 6.54. The predicted octanol–water partition coefficient (Wildman–Crippen LogP) is 2.25. The summed E-state index contributed by atoms with van der Waals surface area (Å²) in [6, 6.07) is 9.57. The van der Waals surface area contributed by atoms with Gasteiger partial charge in [-0.1, -0.05) is 12.1 Å². The summed E-state index contributed by atoms with van der Waals surface area (Å²) < 4.78 is 1.92. The second kappa shape index (κ2) is 5.51. The third-order valence-electron chi connectivity index (χ3n) is 3.17. The van der Waals surface area contributed by atoms with E-state index in [-0.39, 0.29) is 0 Å². The van der Waals surface area contributed by atoms with Gasteiger partial charge in [0.05, 0.1) is 17.8 Å². The number of anilines is 2. The van der Waals surface area contributed by atoms with Crippen molar-refractivity contribution in [2.45, 2.75) is 6.54 Å². The molecule has 2 heterocycles. The van der Waals surface area contributed by atoms with Crippen LogP contribution in [0.25, 0.3) is 5.65 Å². The van der Waals surface area contributed by atoms with E-state index in [0.717, 1.165) is 22.8 Å². The van der Waals surface area contributed by atoms with Gasteiger partial charge in [0.1, 0.15) is 5.82 Å². The quantitative estimate of drug-likeness (QED) is 0.765. The summed E-state index contributed by atoms with van der Waals surface area (Å²) in [7, 11) is 1.83. The van der Waals surface area contributed by atoms with E-state index in [0.29, 0.717) is 12.1 Å². The van der Waals surface area contributed by atoms with Crippen molar-refractivity contribution in [3.05, 3.63) is 54.0 Å². The molecular formula is C15H14N6. The first kappa shape index (κ1) is 12.9. The topological polar surface area (TPSA) is 78.0 Å². The summed E-state index contributed by atoms with van der Waals surface area (Å²) in [5.41, 5.74) is 2.52. The van der Waals surface area contributed by atoms with Gasteiger partial charge in [0.25, 0.3) is 0 Å². The van der Waals surface area contributed by atoms with Crippen molar-refractivity contribution in [1.82, 2.24) is 14.4 Å². The molecule has 0 bridgehead atoms. The number of benzene rings is 1. The average Bonchev–Trinajstić information content (AvgIpc) is 3.01. The number of fused-ring (bicyclic) bond motifs is 1. The van der Waals surface area contributed by atoms with Crippen molar-refractivity contribution >= 4 is 17.3 Å². The van der Waals surface area contributed by atoms with Crippen molar-refractivity contribution in [2.75, 3.05) is 17.7 Å². The zero-order chi connectivity index (χ0) is 14.7. The minimum atomic E-state index is 0.619. The van der Waals surface area contributed by atoms with Crippen LogP contribution in [-0.2, 0) is 6.54 Å². The summed E-state index contributed by atoms with van der Waals surface area (Å²) in [4.78, 5) is 8.78. The van der Waals surface area contributed by atoms with Gasteiger partial charge in [-0.05, 0) is 17.7 Å². The van der Waals surface area contributed by atoms with Crippen LogP contribution in [0.3, 0.4) is 0 Å². The van der Waals surface area contributed by atoms with Gasteiger partial charge < -0.3 is 15.0 Å². The maximum absolute atomic E-state index is 8.80. The number of nitriles is 1. The summed E-state index contributed by atoms with van der Waals surface area (Å²) in [6.07, 6.45) is 5.50. The highest BCUT2D eigenvalue weighted by Crippen LogP contribution is 2.17. The molecule has 3 aromatic rings. The van der Waals surface area contributed by atoms with Crippen LogP contribution in [0, 0.1) is 11.3 Å². The fraction of sp³-hybridized carbons (Fsp3) is 0.133. The SMILES string of the molecule is CNc1cn2ccnc2c(NCc2ccc(C#N)cc2)n1. The van der Waals surface area contributed by atoms with Crippen LogP contribution in [-0.4, -0.2) is 21.4 Å². The van der Waals surface area contributed by atoms with Crippen molar-refractivity contribution in [3.63, 3.8) is 0 Å². The molecule has 104 valence electrons. The van der Waals surface area contributed by atoms with Gasteiger partial charge in [0.15, 0.2) is 11.5 Å². The Morgan fingerprint density at radius 2 is 2.10 bits per heavy atom. The largest absolute Gasteiger partial charge is 0.372 e. The monoisotopic (exact) mass is 278 g/mol. The van der Waals surface area contributed by atoms with E-state index < -0.39 is 0 Å². The zero-order valence-corrected chi connectivity index (χ0v) is 11.5. The van der Waals surface area contributed by atoms with E-state index >= 15 is 0 Å². The second-order valence-corrected chi connectivity index (χ2v) is 4.55. The minimum absolute atomic E-state index is 0.619. The molecule has 0 unspecified atom stereocenters. The third kappa shape index (κ3) is 2.62. The Hall–Kier alpha value is -3.07. The van der Waals surface area contributed by atoms with Gasteiger partial charge in [0, 0.05) is 26.0 Å². The Bertz CT molecular complexity index is 797. The number of nitrogens with zero attached hydrogens (tertiary/aromatic N) is 4. The second-order valence-electron chi connectivity index (χ2n) is 4.55. The maximum atomic E-state index is 8.80. The number of rotatable bonds is 4. The lowest BCUT2D eigenvalue weighted by Gasteiger charge is -2.09. The number of aromatic nitrogens is 3. The van der Waals surface area contributed by atoms with E-state index in [1.165, 1.54) is 0 Å². The lowest BCUT2D eigenvalue weighted by atomic mass is 10.1. The zero-order valence-electron chi connectivity index (χ0n) is 11.5. The molecule has 3 rings (SSSR count). The van der Waals surface area contributed by atoms with E-state index in [2.05, 4.69) is 26.7 Å².